The molecule has 2 aliphatic heterocycles. The van der Waals surface area contributed by atoms with Gasteiger partial charge in [-0.1, -0.05) is 12.1 Å². The van der Waals surface area contributed by atoms with Crippen molar-refractivity contribution in [1.29, 1.82) is 0 Å². The van der Waals surface area contributed by atoms with Crippen molar-refractivity contribution in [3.8, 4) is 0 Å². The van der Waals surface area contributed by atoms with Crippen molar-refractivity contribution in [2.75, 3.05) is 71.4 Å². The molecule has 8 heteroatoms. The summed E-state index contributed by atoms with van der Waals surface area (Å²) >= 11 is 0. The molecule has 2 heterocycles. The van der Waals surface area contributed by atoms with Crippen molar-refractivity contribution in [2.24, 2.45) is 4.99 Å². The summed E-state index contributed by atoms with van der Waals surface area (Å²) in [5.74, 6) is 0.838. The molecular weight excluding hydrogens is 392 g/mol. The number of piperazine rings is 1. The van der Waals surface area contributed by atoms with E-state index >= 15 is 0 Å². The van der Waals surface area contributed by atoms with E-state index in [1.807, 2.05) is 7.05 Å². The van der Waals surface area contributed by atoms with Crippen molar-refractivity contribution in [1.82, 2.24) is 20.4 Å². The zero-order chi connectivity index (χ0) is 22.2. The summed E-state index contributed by atoms with van der Waals surface area (Å²) < 4.78 is 4.80. The number of ether oxygens (including phenoxy) is 1. The quantitative estimate of drug-likeness (QED) is 0.549. The number of guanidine groups is 1. The number of rotatable bonds is 5. The molecule has 2 fully saturated rings. The number of anilines is 1. The van der Waals surface area contributed by atoms with Gasteiger partial charge in [0.25, 0.3) is 0 Å². The van der Waals surface area contributed by atoms with Crippen LogP contribution in [0.2, 0.25) is 0 Å². The van der Waals surface area contributed by atoms with Crippen LogP contribution in [-0.2, 0) is 4.74 Å². The summed E-state index contributed by atoms with van der Waals surface area (Å²) in [7, 11) is 3.24. The van der Waals surface area contributed by atoms with Gasteiger partial charge in [-0.25, -0.2) is 4.79 Å². The Hall–Kier alpha value is -2.48. The highest BCUT2D eigenvalue weighted by atomic mass is 16.5. The highest BCUT2D eigenvalue weighted by Gasteiger charge is 2.24. The second kappa shape index (κ2) is 11.2. The Balaban J connectivity index is 1.35. The Morgan fingerprint density at radius 1 is 1.13 bits per heavy atom. The van der Waals surface area contributed by atoms with Crippen LogP contribution in [0.4, 0.5) is 10.5 Å². The van der Waals surface area contributed by atoms with Crippen molar-refractivity contribution in [2.45, 2.75) is 32.7 Å². The number of aliphatic imine (C=N–C) groups is 1. The monoisotopic (exact) mass is 430 g/mol. The van der Waals surface area contributed by atoms with Crippen LogP contribution >= 0.6 is 0 Å². The minimum Gasteiger partial charge on any atom is -0.453 e. The number of carbonyl (C=O) groups is 1. The lowest BCUT2D eigenvalue weighted by Crippen LogP contribution is -2.52. The van der Waals surface area contributed by atoms with E-state index in [9.17, 15) is 4.79 Å². The fourth-order valence-electron chi connectivity index (χ4n) is 4.35. The molecule has 0 radical (unpaired) electrons. The number of benzene rings is 1. The predicted octanol–water partition coefficient (Wildman–Crippen LogP) is 1.82. The summed E-state index contributed by atoms with van der Waals surface area (Å²) in [5.41, 5.74) is 4.13. The van der Waals surface area contributed by atoms with Gasteiger partial charge in [0.05, 0.1) is 7.11 Å². The normalized spacial score (nSPS) is 18.8. The lowest BCUT2D eigenvalue weighted by molar-refractivity contribution is 0.111. The van der Waals surface area contributed by atoms with Crippen LogP contribution in [0.1, 0.15) is 24.0 Å². The number of amides is 1. The molecule has 0 saturated carbocycles. The van der Waals surface area contributed by atoms with E-state index in [2.05, 4.69) is 57.5 Å². The molecule has 2 N–H and O–H groups in total. The predicted molar refractivity (Wildman–Crippen MR) is 126 cm³/mol. The van der Waals surface area contributed by atoms with Gasteiger partial charge >= 0.3 is 6.09 Å². The molecule has 8 nitrogen and oxygen atoms in total. The first kappa shape index (κ1) is 23.2. The van der Waals surface area contributed by atoms with Gasteiger partial charge in [0.15, 0.2) is 5.96 Å². The van der Waals surface area contributed by atoms with Crippen LogP contribution in [0.15, 0.2) is 23.2 Å². The Morgan fingerprint density at radius 2 is 1.84 bits per heavy atom. The molecule has 1 amide bonds. The summed E-state index contributed by atoms with van der Waals surface area (Å²) in [6.45, 7) is 12.0. The van der Waals surface area contributed by atoms with Gasteiger partial charge in [-0.15, -0.1) is 0 Å². The average Bonchev–Trinajstić information content (AvgIpc) is 2.80. The highest BCUT2D eigenvalue weighted by Crippen LogP contribution is 2.23. The fraction of sp³-hybridized carbons (Fsp3) is 0.652. The van der Waals surface area contributed by atoms with E-state index in [0.29, 0.717) is 19.1 Å². The smallest absolute Gasteiger partial charge is 0.409 e. The number of hydrogen-bond acceptors (Lipinski definition) is 5. The van der Waals surface area contributed by atoms with Crippen LogP contribution in [0.5, 0.6) is 0 Å². The van der Waals surface area contributed by atoms with E-state index in [0.717, 1.165) is 58.1 Å². The summed E-state index contributed by atoms with van der Waals surface area (Å²) in [6.07, 6.45) is 1.56. The first-order chi connectivity index (χ1) is 15.0. The molecule has 0 spiro atoms. The van der Waals surface area contributed by atoms with E-state index in [1.54, 1.807) is 4.90 Å². The van der Waals surface area contributed by atoms with Crippen LogP contribution in [0.3, 0.4) is 0 Å². The van der Waals surface area contributed by atoms with E-state index in [-0.39, 0.29) is 6.09 Å². The molecule has 2 aliphatic rings. The number of methoxy groups -OCH3 is 1. The minimum absolute atomic E-state index is 0.237. The minimum atomic E-state index is -0.237. The first-order valence-electron chi connectivity index (χ1n) is 11.4. The summed E-state index contributed by atoms with van der Waals surface area (Å²) in [4.78, 5) is 22.8. The molecule has 0 bridgehead atoms. The Bertz CT molecular complexity index is 752. The van der Waals surface area contributed by atoms with Crippen LogP contribution in [-0.4, -0.2) is 94.4 Å². The topological polar surface area (TPSA) is 72.4 Å². The molecule has 3 rings (SSSR count). The standard InChI is InChI=1S/C23H38N6O2/c1-18-6-5-7-21(19(18)2)28-16-14-27(15-17-28)13-10-25-22(24-3)26-20-8-11-29(12-9-20)23(30)31-4/h5-7,20H,8-17H2,1-4H3,(H2,24,25,26). The second-order valence-electron chi connectivity index (χ2n) is 8.42. The average molecular weight is 431 g/mol. The number of aryl methyl sites for hydroxylation is 1. The number of piperidine rings is 1. The van der Waals surface area contributed by atoms with Gasteiger partial charge in [-0.05, 0) is 43.9 Å². The molecule has 1 aromatic rings. The number of nitrogens with one attached hydrogen (secondary N) is 2. The van der Waals surface area contributed by atoms with Crippen molar-refractivity contribution < 1.29 is 9.53 Å². The van der Waals surface area contributed by atoms with Crippen molar-refractivity contribution >= 4 is 17.7 Å². The summed E-state index contributed by atoms with van der Waals surface area (Å²) in [5, 5.41) is 6.94. The molecule has 172 valence electrons. The van der Waals surface area contributed by atoms with Crippen LogP contribution in [0, 0.1) is 13.8 Å². The van der Waals surface area contributed by atoms with Gasteiger partial charge in [0.1, 0.15) is 0 Å². The van der Waals surface area contributed by atoms with Crippen LogP contribution < -0.4 is 15.5 Å². The maximum atomic E-state index is 11.6. The van der Waals surface area contributed by atoms with E-state index < -0.39 is 0 Å². The largest absolute Gasteiger partial charge is 0.453 e. The molecule has 31 heavy (non-hydrogen) atoms. The lowest BCUT2D eigenvalue weighted by Gasteiger charge is -2.37. The van der Waals surface area contributed by atoms with E-state index in [4.69, 9.17) is 4.74 Å². The van der Waals surface area contributed by atoms with Gasteiger partial charge < -0.3 is 25.2 Å². The molecule has 0 atom stereocenters. The summed E-state index contributed by atoms with van der Waals surface area (Å²) in [6, 6.07) is 6.91. The Labute approximate surface area is 186 Å². The zero-order valence-electron chi connectivity index (χ0n) is 19.5. The third-order valence-electron chi connectivity index (χ3n) is 6.50. The van der Waals surface area contributed by atoms with Gasteiger partial charge in [-0.3, -0.25) is 9.89 Å². The zero-order valence-corrected chi connectivity index (χ0v) is 19.5. The third kappa shape index (κ3) is 6.26. The number of hydrogen-bond donors (Lipinski definition) is 2. The number of likely N-dealkylation sites (tertiary alicyclic amines) is 1. The third-order valence-corrected chi connectivity index (χ3v) is 6.50. The number of carbonyl (C=O) groups excluding carboxylic acids is 1. The van der Waals surface area contributed by atoms with Gasteiger partial charge in [-0.2, -0.15) is 0 Å². The van der Waals surface area contributed by atoms with E-state index in [1.165, 1.54) is 23.9 Å². The molecule has 0 unspecified atom stereocenters. The lowest BCUT2D eigenvalue weighted by atomic mass is 10.1. The second-order valence-corrected chi connectivity index (χ2v) is 8.42. The maximum absolute atomic E-state index is 11.6. The van der Waals surface area contributed by atoms with Gasteiger partial charge in [0, 0.05) is 71.1 Å². The van der Waals surface area contributed by atoms with Gasteiger partial charge in [0.2, 0.25) is 0 Å². The fourth-order valence-corrected chi connectivity index (χ4v) is 4.35. The number of nitrogens with zero attached hydrogens (tertiary/aromatic N) is 4. The Kier molecular flexibility index (Phi) is 8.40. The maximum Gasteiger partial charge on any atom is 0.409 e. The molecule has 1 aromatic carbocycles. The molecule has 0 aliphatic carbocycles. The van der Waals surface area contributed by atoms with Crippen molar-refractivity contribution in [3.63, 3.8) is 0 Å². The SMILES string of the molecule is CN=C(NCCN1CCN(c2cccc(C)c2C)CC1)NC1CCN(C(=O)OC)CC1. The highest BCUT2D eigenvalue weighted by molar-refractivity contribution is 5.80. The van der Waals surface area contributed by atoms with Crippen molar-refractivity contribution in [3.05, 3.63) is 29.3 Å². The molecule has 2 saturated heterocycles. The first-order valence-corrected chi connectivity index (χ1v) is 11.4. The molecular formula is C23H38N6O2. The molecule has 0 aromatic heterocycles. The van der Waals surface area contributed by atoms with Crippen LogP contribution in [0.25, 0.3) is 0 Å². The Morgan fingerprint density at radius 3 is 2.48 bits per heavy atom.